The standard InChI is InChI=1S/C9H8F3NO3/c1-5-7(16-4-9(10,11)12)3-2-6(13-5)8(14)15/h2-3H,4H2,1H3,(H,14,15). The van der Waals surface area contributed by atoms with Crippen LogP contribution in [0, 0.1) is 6.92 Å². The van der Waals surface area contributed by atoms with Crippen molar-refractivity contribution >= 4 is 5.97 Å². The summed E-state index contributed by atoms with van der Waals surface area (Å²) in [6, 6.07) is 2.23. The van der Waals surface area contributed by atoms with Gasteiger partial charge in [0.25, 0.3) is 0 Å². The quantitative estimate of drug-likeness (QED) is 0.870. The minimum Gasteiger partial charge on any atom is -0.482 e. The molecule has 0 atom stereocenters. The molecule has 0 aromatic carbocycles. The molecule has 0 bridgehead atoms. The van der Waals surface area contributed by atoms with E-state index in [1.807, 2.05) is 0 Å². The number of aromatic carboxylic acids is 1. The summed E-state index contributed by atoms with van der Waals surface area (Å²) in [4.78, 5) is 14.1. The zero-order chi connectivity index (χ0) is 12.3. The first kappa shape index (κ1) is 12.3. The molecule has 0 unspecified atom stereocenters. The number of nitrogens with zero attached hydrogens (tertiary/aromatic N) is 1. The Morgan fingerprint density at radius 3 is 2.56 bits per heavy atom. The molecule has 1 rings (SSSR count). The van der Waals surface area contributed by atoms with E-state index in [4.69, 9.17) is 5.11 Å². The highest BCUT2D eigenvalue weighted by molar-refractivity contribution is 5.85. The fraction of sp³-hybridized carbons (Fsp3) is 0.333. The topological polar surface area (TPSA) is 59.4 Å². The fourth-order valence-electron chi connectivity index (χ4n) is 0.980. The predicted molar refractivity (Wildman–Crippen MR) is 47.5 cm³/mol. The molecule has 0 amide bonds. The zero-order valence-corrected chi connectivity index (χ0v) is 8.21. The third kappa shape index (κ3) is 3.41. The maximum absolute atomic E-state index is 11.8. The van der Waals surface area contributed by atoms with Crippen LogP contribution in [-0.4, -0.2) is 28.8 Å². The van der Waals surface area contributed by atoms with Crippen molar-refractivity contribution in [2.45, 2.75) is 13.1 Å². The monoisotopic (exact) mass is 235 g/mol. The lowest BCUT2D eigenvalue weighted by Crippen LogP contribution is -2.19. The van der Waals surface area contributed by atoms with Crippen molar-refractivity contribution in [1.29, 1.82) is 0 Å². The van der Waals surface area contributed by atoms with Gasteiger partial charge in [0, 0.05) is 0 Å². The number of ether oxygens (including phenoxy) is 1. The number of carboxylic acids is 1. The van der Waals surface area contributed by atoms with Gasteiger partial charge in [-0.3, -0.25) is 0 Å². The Morgan fingerprint density at radius 1 is 1.50 bits per heavy atom. The van der Waals surface area contributed by atoms with Gasteiger partial charge in [-0.2, -0.15) is 13.2 Å². The second kappa shape index (κ2) is 4.38. The number of carbonyl (C=O) groups is 1. The van der Waals surface area contributed by atoms with E-state index in [-0.39, 0.29) is 17.1 Å². The van der Waals surface area contributed by atoms with Crippen LogP contribution in [0.4, 0.5) is 13.2 Å². The molecular weight excluding hydrogens is 227 g/mol. The molecule has 1 heterocycles. The fourth-order valence-corrected chi connectivity index (χ4v) is 0.980. The Morgan fingerprint density at radius 2 is 2.12 bits per heavy atom. The van der Waals surface area contributed by atoms with Crippen molar-refractivity contribution in [3.63, 3.8) is 0 Å². The molecule has 1 aromatic heterocycles. The van der Waals surface area contributed by atoms with Gasteiger partial charge in [0.15, 0.2) is 6.61 Å². The average molecular weight is 235 g/mol. The number of carboxylic acid groups (broad SMARTS) is 1. The molecule has 0 aliphatic rings. The molecular formula is C9H8F3NO3. The van der Waals surface area contributed by atoms with Gasteiger partial charge in [0.1, 0.15) is 11.4 Å². The van der Waals surface area contributed by atoms with Crippen LogP contribution in [0.25, 0.3) is 0 Å². The SMILES string of the molecule is Cc1nc(C(=O)O)ccc1OCC(F)(F)F. The molecule has 0 aliphatic heterocycles. The van der Waals surface area contributed by atoms with Gasteiger partial charge in [-0.1, -0.05) is 0 Å². The molecule has 0 spiro atoms. The highest BCUT2D eigenvalue weighted by atomic mass is 19.4. The first-order chi connectivity index (χ1) is 7.29. The Labute approximate surface area is 88.7 Å². The van der Waals surface area contributed by atoms with Gasteiger partial charge in [0.2, 0.25) is 0 Å². The normalized spacial score (nSPS) is 11.2. The van der Waals surface area contributed by atoms with Gasteiger partial charge in [-0.05, 0) is 19.1 Å². The Kier molecular flexibility index (Phi) is 3.36. The molecule has 7 heteroatoms. The van der Waals surface area contributed by atoms with Crippen LogP contribution in [0.5, 0.6) is 5.75 Å². The molecule has 1 N–H and O–H groups in total. The second-order valence-corrected chi connectivity index (χ2v) is 2.99. The van der Waals surface area contributed by atoms with Crippen LogP contribution in [0.2, 0.25) is 0 Å². The molecule has 88 valence electrons. The smallest absolute Gasteiger partial charge is 0.422 e. The van der Waals surface area contributed by atoms with Crippen molar-refractivity contribution in [1.82, 2.24) is 4.98 Å². The van der Waals surface area contributed by atoms with Crippen LogP contribution in [0.3, 0.4) is 0 Å². The number of alkyl halides is 3. The van der Waals surface area contributed by atoms with Gasteiger partial charge < -0.3 is 9.84 Å². The van der Waals surface area contributed by atoms with Crippen LogP contribution in [0.1, 0.15) is 16.2 Å². The maximum atomic E-state index is 11.8. The number of aryl methyl sites for hydroxylation is 1. The van der Waals surface area contributed by atoms with Crippen molar-refractivity contribution in [3.05, 3.63) is 23.5 Å². The van der Waals surface area contributed by atoms with Crippen molar-refractivity contribution in [2.75, 3.05) is 6.61 Å². The van der Waals surface area contributed by atoms with Crippen LogP contribution >= 0.6 is 0 Å². The third-order valence-electron chi connectivity index (χ3n) is 1.65. The third-order valence-corrected chi connectivity index (χ3v) is 1.65. The maximum Gasteiger partial charge on any atom is 0.422 e. The van der Waals surface area contributed by atoms with E-state index >= 15 is 0 Å². The summed E-state index contributed by atoms with van der Waals surface area (Å²) in [6.45, 7) is -0.0555. The van der Waals surface area contributed by atoms with Crippen LogP contribution in [-0.2, 0) is 0 Å². The lowest BCUT2D eigenvalue weighted by atomic mass is 10.3. The molecule has 1 aromatic rings. The largest absolute Gasteiger partial charge is 0.482 e. The summed E-state index contributed by atoms with van der Waals surface area (Å²) in [5.41, 5.74) is -0.138. The predicted octanol–water partition coefficient (Wildman–Crippen LogP) is 2.03. The Hall–Kier alpha value is -1.79. The van der Waals surface area contributed by atoms with E-state index in [2.05, 4.69) is 9.72 Å². The number of halogens is 3. The van der Waals surface area contributed by atoms with E-state index in [0.29, 0.717) is 0 Å². The Balaban J connectivity index is 2.80. The summed E-state index contributed by atoms with van der Waals surface area (Å²) in [5.74, 6) is -1.33. The van der Waals surface area contributed by atoms with E-state index in [9.17, 15) is 18.0 Å². The number of hydrogen-bond donors (Lipinski definition) is 1. The van der Waals surface area contributed by atoms with Crippen molar-refractivity contribution < 1.29 is 27.8 Å². The summed E-state index contributed by atoms with van der Waals surface area (Å²) < 4.78 is 40.0. The van der Waals surface area contributed by atoms with E-state index in [1.54, 1.807) is 0 Å². The molecule has 16 heavy (non-hydrogen) atoms. The minimum absolute atomic E-state index is 0.0812. The molecule has 0 radical (unpaired) electrons. The average Bonchev–Trinajstić information content (AvgIpc) is 2.14. The van der Waals surface area contributed by atoms with Gasteiger partial charge in [0.05, 0.1) is 5.69 Å². The first-order valence-electron chi connectivity index (χ1n) is 4.20. The number of hydrogen-bond acceptors (Lipinski definition) is 3. The van der Waals surface area contributed by atoms with Crippen molar-refractivity contribution in [2.24, 2.45) is 0 Å². The first-order valence-corrected chi connectivity index (χ1v) is 4.20. The van der Waals surface area contributed by atoms with E-state index in [0.717, 1.165) is 12.1 Å². The highest BCUT2D eigenvalue weighted by Crippen LogP contribution is 2.20. The van der Waals surface area contributed by atoms with Gasteiger partial charge in [-0.25, -0.2) is 9.78 Å². The lowest BCUT2D eigenvalue weighted by Gasteiger charge is -2.10. The summed E-state index contributed by atoms with van der Waals surface area (Å²) >= 11 is 0. The molecule has 0 fully saturated rings. The molecule has 0 aliphatic carbocycles. The molecule has 0 saturated carbocycles. The van der Waals surface area contributed by atoms with E-state index in [1.165, 1.54) is 6.92 Å². The number of rotatable bonds is 3. The summed E-state index contributed by atoms with van der Waals surface area (Å²) in [7, 11) is 0. The van der Waals surface area contributed by atoms with Gasteiger partial charge >= 0.3 is 12.1 Å². The molecule has 0 saturated heterocycles. The minimum atomic E-state index is -4.43. The summed E-state index contributed by atoms with van der Waals surface area (Å²) in [5, 5.41) is 8.58. The number of pyridine rings is 1. The van der Waals surface area contributed by atoms with Crippen LogP contribution in [0.15, 0.2) is 12.1 Å². The van der Waals surface area contributed by atoms with E-state index < -0.39 is 18.8 Å². The molecule has 4 nitrogen and oxygen atoms in total. The lowest BCUT2D eigenvalue weighted by molar-refractivity contribution is -0.153. The zero-order valence-electron chi connectivity index (χ0n) is 8.21. The Bertz CT molecular complexity index is 403. The number of aromatic nitrogens is 1. The van der Waals surface area contributed by atoms with Gasteiger partial charge in [-0.15, -0.1) is 0 Å². The second-order valence-electron chi connectivity index (χ2n) is 2.99. The van der Waals surface area contributed by atoms with Crippen LogP contribution < -0.4 is 4.74 Å². The highest BCUT2D eigenvalue weighted by Gasteiger charge is 2.28. The van der Waals surface area contributed by atoms with Crippen molar-refractivity contribution in [3.8, 4) is 5.75 Å². The summed E-state index contributed by atoms with van der Waals surface area (Å²) in [6.07, 6.45) is -4.43.